The Morgan fingerprint density at radius 3 is 2.15 bits per heavy atom. The van der Waals surface area contributed by atoms with Crippen molar-refractivity contribution in [2.45, 2.75) is 24.7 Å². The van der Waals surface area contributed by atoms with E-state index in [1.165, 1.54) is 49.2 Å². The molecule has 3 aromatic rings. The maximum absolute atomic E-state index is 13.5. The molecule has 8 heteroatoms. The first-order valence-electron chi connectivity index (χ1n) is 10.8. The van der Waals surface area contributed by atoms with Gasteiger partial charge < -0.3 is 10.2 Å². The largest absolute Gasteiger partial charge is 0.372 e. The van der Waals surface area contributed by atoms with E-state index < -0.39 is 28.3 Å². The first-order valence-corrected chi connectivity index (χ1v) is 12.3. The van der Waals surface area contributed by atoms with Crippen molar-refractivity contribution in [3.8, 4) is 0 Å². The summed E-state index contributed by atoms with van der Waals surface area (Å²) in [6.07, 6.45) is 2.35. The predicted octanol–water partition coefficient (Wildman–Crippen LogP) is 4.57. The minimum Gasteiger partial charge on any atom is -0.372 e. The number of hydrogen-bond donors (Lipinski definition) is 1. The SMILES string of the molecule is Cc1ccc(S(=O)(=O)N(CC(=O)Nc2ccc(N3CCCC3)cc2)c2ccc(F)cc2)cc1. The lowest BCUT2D eigenvalue weighted by atomic mass is 10.2. The Labute approximate surface area is 193 Å². The quantitative estimate of drug-likeness (QED) is 0.553. The summed E-state index contributed by atoms with van der Waals surface area (Å²) < 4.78 is 41.2. The van der Waals surface area contributed by atoms with Gasteiger partial charge in [-0.1, -0.05) is 17.7 Å². The molecule has 0 radical (unpaired) electrons. The van der Waals surface area contributed by atoms with Crippen LogP contribution in [0.15, 0.2) is 77.7 Å². The number of anilines is 3. The first kappa shape index (κ1) is 22.8. The van der Waals surface area contributed by atoms with Crippen LogP contribution >= 0.6 is 0 Å². The van der Waals surface area contributed by atoms with Crippen LogP contribution in [-0.2, 0) is 14.8 Å². The zero-order valence-electron chi connectivity index (χ0n) is 18.4. The van der Waals surface area contributed by atoms with Crippen molar-refractivity contribution in [2.24, 2.45) is 0 Å². The van der Waals surface area contributed by atoms with Crippen LogP contribution in [0.5, 0.6) is 0 Å². The summed E-state index contributed by atoms with van der Waals surface area (Å²) in [7, 11) is -4.05. The number of carbonyl (C=O) groups is 1. The molecule has 0 aliphatic carbocycles. The fourth-order valence-corrected chi connectivity index (χ4v) is 5.24. The minimum absolute atomic E-state index is 0.0557. The van der Waals surface area contributed by atoms with Gasteiger partial charge in [-0.2, -0.15) is 0 Å². The second-order valence-electron chi connectivity index (χ2n) is 8.09. The Morgan fingerprint density at radius 1 is 0.939 bits per heavy atom. The molecule has 0 bridgehead atoms. The van der Waals surface area contributed by atoms with Crippen molar-refractivity contribution in [1.29, 1.82) is 0 Å². The van der Waals surface area contributed by atoms with E-state index in [-0.39, 0.29) is 10.6 Å². The molecule has 0 atom stereocenters. The highest BCUT2D eigenvalue weighted by molar-refractivity contribution is 7.92. The van der Waals surface area contributed by atoms with Gasteiger partial charge in [0.25, 0.3) is 10.0 Å². The van der Waals surface area contributed by atoms with Gasteiger partial charge in [0.1, 0.15) is 12.4 Å². The summed E-state index contributed by atoms with van der Waals surface area (Å²) in [4.78, 5) is 15.2. The third-order valence-corrected chi connectivity index (χ3v) is 7.42. The highest BCUT2D eigenvalue weighted by atomic mass is 32.2. The Bertz CT molecular complexity index is 1210. The molecule has 33 heavy (non-hydrogen) atoms. The molecular formula is C25H26FN3O3S. The Morgan fingerprint density at radius 2 is 1.55 bits per heavy atom. The molecule has 3 aromatic carbocycles. The van der Waals surface area contributed by atoms with Crippen LogP contribution in [0.3, 0.4) is 0 Å². The van der Waals surface area contributed by atoms with Crippen LogP contribution in [0.1, 0.15) is 18.4 Å². The average Bonchev–Trinajstić information content (AvgIpc) is 3.34. The number of nitrogens with one attached hydrogen (secondary N) is 1. The van der Waals surface area contributed by atoms with Crippen LogP contribution in [0.4, 0.5) is 21.5 Å². The van der Waals surface area contributed by atoms with Gasteiger partial charge in [0.05, 0.1) is 10.6 Å². The van der Waals surface area contributed by atoms with Gasteiger partial charge in [-0.15, -0.1) is 0 Å². The molecule has 6 nitrogen and oxygen atoms in total. The Balaban J connectivity index is 1.55. The van der Waals surface area contributed by atoms with E-state index in [1.807, 2.05) is 31.2 Å². The molecule has 1 saturated heterocycles. The fraction of sp³-hybridized carbons (Fsp3) is 0.240. The number of amides is 1. The van der Waals surface area contributed by atoms with Crippen LogP contribution in [0.2, 0.25) is 0 Å². The normalized spacial score (nSPS) is 13.7. The standard InChI is InChI=1S/C25H26FN3O3S/c1-19-4-14-24(15-5-19)33(31,32)29(23-10-6-20(26)7-11-23)18-25(30)27-21-8-12-22(13-9-21)28-16-2-3-17-28/h4-15H,2-3,16-18H2,1H3,(H,27,30). The Hall–Kier alpha value is -3.39. The molecular weight excluding hydrogens is 441 g/mol. The van der Waals surface area contributed by atoms with Gasteiger partial charge in [0.15, 0.2) is 0 Å². The minimum atomic E-state index is -4.05. The molecule has 4 rings (SSSR count). The number of benzene rings is 3. The zero-order valence-corrected chi connectivity index (χ0v) is 19.2. The van der Waals surface area contributed by atoms with Gasteiger partial charge in [-0.05, 0) is 80.4 Å². The van der Waals surface area contributed by atoms with Crippen molar-refractivity contribution in [2.75, 3.05) is 34.2 Å². The monoisotopic (exact) mass is 467 g/mol. The van der Waals surface area contributed by atoms with Crippen LogP contribution in [-0.4, -0.2) is 34.0 Å². The summed E-state index contributed by atoms with van der Waals surface area (Å²) in [6.45, 7) is 3.46. The number of carbonyl (C=O) groups excluding carboxylic acids is 1. The van der Waals surface area contributed by atoms with Crippen molar-refractivity contribution in [3.05, 3.63) is 84.2 Å². The third kappa shape index (κ3) is 5.34. The fourth-order valence-electron chi connectivity index (χ4n) is 3.82. The second kappa shape index (κ2) is 9.62. The van der Waals surface area contributed by atoms with Crippen molar-refractivity contribution >= 4 is 33.0 Å². The van der Waals surface area contributed by atoms with Crippen LogP contribution < -0.4 is 14.5 Å². The molecule has 1 N–H and O–H groups in total. The Kier molecular flexibility index (Phi) is 6.65. The van der Waals surface area contributed by atoms with Crippen molar-refractivity contribution < 1.29 is 17.6 Å². The number of sulfonamides is 1. The maximum Gasteiger partial charge on any atom is 0.264 e. The van der Waals surface area contributed by atoms with E-state index >= 15 is 0 Å². The van der Waals surface area contributed by atoms with Gasteiger partial charge >= 0.3 is 0 Å². The van der Waals surface area contributed by atoms with E-state index in [0.29, 0.717) is 5.69 Å². The number of aryl methyl sites for hydroxylation is 1. The van der Waals surface area contributed by atoms with Gasteiger partial charge in [0, 0.05) is 24.5 Å². The van der Waals surface area contributed by atoms with E-state index in [4.69, 9.17) is 0 Å². The zero-order chi connectivity index (χ0) is 23.4. The van der Waals surface area contributed by atoms with Gasteiger partial charge in [-0.3, -0.25) is 9.10 Å². The molecule has 1 aliphatic rings. The number of halogens is 1. The molecule has 0 aromatic heterocycles. The molecule has 1 aliphatic heterocycles. The molecule has 0 saturated carbocycles. The van der Waals surface area contributed by atoms with Crippen molar-refractivity contribution in [3.63, 3.8) is 0 Å². The van der Waals surface area contributed by atoms with E-state index in [2.05, 4.69) is 10.2 Å². The number of nitrogens with zero attached hydrogens (tertiary/aromatic N) is 2. The maximum atomic E-state index is 13.5. The lowest BCUT2D eigenvalue weighted by molar-refractivity contribution is -0.114. The summed E-state index contributed by atoms with van der Waals surface area (Å²) in [5.41, 5.74) is 2.80. The molecule has 1 amide bonds. The highest BCUT2D eigenvalue weighted by Crippen LogP contribution is 2.25. The van der Waals surface area contributed by atoms with Gasteiger partial charge in [-0.25, -0.2) is 12.8 Å². The van der Waals surface area contributed by atoms with E-state index in [0.717, 1.165) is 28.6 Å². The lowest BCUT2D eigenvalue weighted by Crippen LogP contribution is -2.38. The summed E-state index contributed by atoms with van der Waals surface area (Å²) in [5.74, 6) is -0.988. The first-order chi connectivity index (χ1) is 15.8. The smallest absolute Gasteiger partial charge is 0.264 e. The number of rotatable bonds is 7. The second-order valence-corrected chi connectivity index (χ2v) is 9.95. The highest BCUT2D eigenvalue weighted by Gasteiger charge is 2.27. The predicted molar refractivity (Wildman–Crippen MR) is 129 cm³/mol. The molecule has 1 fully saturated rings. The summed E-state index contributed by atoms with van der Waals surface area (Å²) in [5, 5.41) is 2.77. The summed E-state index contributed by atoms with van der Waals surface area (Å²) in [6, 6.07) is 18.9. The topological polar surface area (TPSA) is 69.7 Å². The van der Waals surface area contributed by atoms with Gasteiger partial charge in [0.2, 0.25) is 5.91 Å². The van der Waals surface area contributed by atoms with Crippen LogP contribution in [0.25, 0.3) is 0 Å². The number of hydrogen-bond acceptors (Lipinski definition) is 4. The van der Waals surface area contributed by atoms with Crippen LogP contribution in [0, 0.1) is 12.7 Å². The van der Waals surface area contributed by atoms with E-state index in [1.54, 1.807) is 12.1 Å². The molecule has 0 unspecified atom stereocenters. The molecule has 172 valence electrons. The van der Waals surface area contributed by atoms with E-state index in [9.17, 15) is 17.6 Å². The van der Waals surface area contributed by atoms with Crippen molar-refractivity contribution in [1.82, 2.24) is 0 Å². The third-order valence-electron chi connectivity index (χ3n) is 5.63. The molecule has 1 heterocycles. The molecule has 0 spiro atoms. The average molecular weight is 468 g/mol. The summed E-state index contributed by atoms with van der Waals surface area (Å²) >= 11 is 0. The lowest BCUT2D eigenvalue weighted by Gasteiger charge is -2.24.